The number of hydrogen-bond donors (Lipinski definition) is 1. The fourth-order valence-corrected chi connectivity index (χ4v) is 4.09. The summed E-state index contributed by atoms with van der Waals surface area (Å²) in [6.07, 6.45) is 1.75. The Bertz CT molecular complexity index is 1090. The minimum atomic E-state index is -0.399. The van der Waals surface area contributed by atoms with E-state index in [-0.39, 0.29) is 17.8 Å². The number of rotatable bonds is 7. The SMILES string of the molecule is CN(C)CCN1C(=S)N[C@@H](c2ccccn2)[C@@H]1c1ccc(-c2ccccc2[N+](=O)[O-])o1. The van der Waals surface area contributed by atoms with Crippen molar-refractivity contribution in [2.45, 2.75) is 12.1 Å². The number of likely N-dealkylation sites (N-methyl/N-ethyl adjacent to an activating group) is 1. The van der Waals surface area contributed by atoms with Gasteiger partial charge in [-0.15, -0.1) is 0 Å². The number of benzene rings is 1. The lowest BCUT2D eigenvalue weighted by atomic mass is 10.0. The lowest BCUT2D eigenvalue weighted by Gasteiger charge is -2.27. The third kappa shape index (κ3) is 4.28. The number of nitro groups is 1. The van der Waals surface area contributed by atoms with Gasteiger partial charge in [0.1, 0.15) is 17.6 Å². The van der Waals surface area contributed by atoms with E-state index in [1.807, 2.05) is 38.4 Å². The lowest BCUT2D eigenvalue weighted by molar-refractivity contribution is -0.384. The number of thiocarbonyl (C=S) groups is 1. The largest absolute Gasteiger partial charge is 0.459 e. The first-order valence-corrected chi connectivity index (χ1v) is 10.3. The van der Waals surface area contributed by atoms with Gasteiger partial charge in [0.2, 0.25) is 0 Å². The highest BCUT2D eigenvalue weighted by atomic mass is 32.1. The first-order chi connectivity index (χ1) is 15.0. The molecule has 2 atom stereocenters. The van der Waals surface area contributed by atoms with Crippen LogP contribution in [0.3, 0.4) is 0 Å². The Morgan fingerprint density at radius 3 is 2.68 bits per heavy atom. The summed E-state index contributed by atoms with van der Waals surface area (Å²) in [6.45, 7) is 1.51. The van der Waals surface area contributed by atoms with Gasteiger partial charge in [0.15, 0.2) is 5.11 Å². The number of hydrogen-bond acceptors (Lipinski definition) is 6. The van der Waals surface area contributed by atoms with Gasteiger partial charge in [0.05, 0.1) is 22.2 Å². The number of aromatic nitrogens is 1. The second-order valence-electron chi connectivity index (χ2n) is 7.60. The van der Waals surface area contributed by atoms with Crippen molar-refractivity contribution in [2.75, 3.05) is 27.2 Å². The zero-order chi connectivity index (χ0) is 22.0. The molecule has 3 heterocycles. The van der Waals surface area contributed by atoms with E-state index in [1.165, 1.54) is 6.07 Å². The molecule has 1 aliphatic rings. The van der Waals surface area contributed by atoms with Crippen LogP contribution in [0.15, 0.2) is 65.2 Å². The quantitative estimate of drug-likeness (QED) is 0.339. The minimum Gasteiger partial charge on any atom is -0.459 e. The van der Waals surface area contributed by atoms with Gasteiger partial charge in [0, 0.05) is 25.4 Å². The Hall–Kier alpha value is -3.30. The number of nitrogens with one attached hydrogen (secondary N) is 1. The smallest absolute Gasteiger partial charge is 0.280 e. The van der Waals surface area contributed by atoms with Crippen molar-refractivity contribution >= 4 is 23.0 Å². The first kappa shape index (κ1) is 21.0. The summed E-state index contributed by atoms with van der Waals surface area (Å²) < 4.78 is 6.19. The summed E-state index contributed by atoms with van der Waals surface area (Å²) in [5.74, 6) is 1.13. The molecule has 4 rings (SSSR count). The summed E-state index contributed by atoms with van der Waals surface area (Å²) in [5, 5.41) is 15.5. The molecule has 2 aromatic heterocycles. The predicted octanol–water partition coefficient (Wildman–Crippen LogP) is 3.78. The van der Waals surface area contributed by atoms with Crippen LogP contribution in [0.5, 0.6) is 0 Å². The monoisotopic (exact) mass is 437 g/mol. The highest BCUT2D eigenvalue weighted by molar-refractivity contribution is 7.80. The van der Waals surface area contributed by atoms with Crippen molar-refractivity contribution in [1.29, 1.82) is 0 Å². The highest BCUT2D eigenvalue weighted by Gasteiger charge is 2.41. The van der Waals surface area contributed by atoms with E-state index in [9.17, 15) is 10.1 Å². The fourth-order valence-electron chi connectivity index (χ4n) is 3.76. The second-order valence-corrected chi connectivity index (χ2v) is 7.99. The zero-order valence-corrected chi connectivity index (χ0v) is 18.1. The summed E-state index contributed by atoms with van der Waals surface area (Å²) in [6, 6.07) is 15.6. The average Bonchev–Trinajstić information content (AvgIpc) is 3.37. The average molecular weight is 438 g/mol. The molecular weight excluding hydrogens is 414 g/mol. The van der Waals surface area contributed by atoms with E-state index in [1.54, 1.807) is 30.5 Å². The van der Waals surface area contributed by atoms with Crippen LogP contribution in [0.2, 0.25) is 0 Å². The number of para-hydroxylation sites is 1. The van der Waals surface area contributed by atoms with Crippen LogP contribution < -0.4 is 5.32 Å². The Morgan fingerprint density at radius 1 is 1.19 bits per heavy atom. The van der Waals surface area contributed by atoms with Gasteiger partial charge < -0.3 is 19.5 Å². The molecule has 0 saturated carbocycles. The summed E-state index contributed by atoms with van der Waals surface area (Å²) in [4.78, 5) is 19.8. The van der Waals surface area contributed by atoms with Crippen molar-refractivity contribution in [3.05, 3.63) is 82.4 Å². The molecule has 0 spiro atoms. The summed E-state index contributed by atoms with van der Waals surface area (Å²) in [7, 11) is 4.02. The predicted molar refractivity (Wildman–Crippen MR) is 122 cm³/mol. The summed E-state index contributed by atoms with van der Waals surface area (Å²) in [5.41, 5.74) is 1.31. The molecule has 8 nitrogen and oxygen atoms in total. The lowest BCUT2D eigenvalue weighted by Crippen LogP contribution is -2.35. The Labute approximate surface area is 185 Å². The fraction of sp³-hybridized carbons (Fsp3) is 0.273. The Morgan fingerprint density at radius 2 is 1.97 bits per heavy atom. The van der Waals surface area contributed by atoms with E-state index in [2.05, 4.69) is 20.1 Å². The summed E-state index contributed by atoms with van der Waals surface area (Å²) >= 11 is 5.64. The molecule has 0 unspecified atom stereocenters. The molecule has 1 aromatic carbocycles. The van der Waals surface area contributed by atoms with Gasteiger partial charge in [-0.25, -0.2) is 0 Å². The molecule has 9 heteroatoms. The molecule has 31 heavy (non-hydrogen) atoms. The topological polar surface area (TPSA) is 87.7 Å². The van der Waals surface area contributed by atoms with Crippen molar-refractivity contribution < 1.29 is 9.34 Å². The normalized spacial score (nSPS) is 18.4. The van der Waals surface area contributed by atoms with Crippen LogP contribution in [0.1, 0.15) is 23.5 Å². The van der Waals surface area contributed by atoms with Crippen LogP contribution in [0.25, 0.3) is 11.3 Å². The molecule has 1 fully saturated rings. The molecule has 1 N–H and O–H groups in total. The zero-order valence-electron chi connectivity index (χ0n) is 17.3. The maximum atomic E-state index is 11.5. The van der Waals surface area contributed by atoms with Crippen LogP contribution in [0, 0.1) is 10.1 Å². The van der Waals surface area contributed by atoms with E-state index < -0.39 is 4.92 Å². The maximum absolute atomic E-state index is 11.5. The van der Waals surface area contributed by atoms with E-state index in [0.29, 0.717) is 28.7 Å². The molecule has 0 radical (unpaired) electrons. The molecular formula is C22H23N5O3S. The van der Waals surface area contributed by atoms with Gasteiger partial charge in [0.25, 0.3) is 5.69 Å². The van der Waals surface area contributed by atoms with Gasteiger partial charge in [-0.2, -0.15) is 0 Å². The Balaban J connectivity index is 1.73. The van der Waals surface area contributed by atoms with Crippen molar-refractivity contribution in [3.63, 3.8) is 0 Å². The second kappa shape index (κ2) is 8.83. The van der Waals surface area contributed by atoms with Crippen LogP contribution in [-0.2, 0) is 0 Å². The van der Waals surface area contributed by atoms with Gasteiger partial charge in [-0.05, 0) is 56.6 Å². The third-order valence-corrected chi connectivity index (χ3v) is 5.62. The first-order valence-electron chi connectivity index (χ1n) is 9.92. The molecule has 3 aromatic rings. The number of furan rings is 1. The molecule has 0 amide bonds. The number of nitrogens with zero attached hydrogens (tertiary/aromatic N) is 4. The van der Waals surface area contributed by atoms with E-state index in [0.717, 1.165) is 12.2 Å². The maximum Gasteiger partial charge on any atom is 0.280 e. The number of pyridine rings is 1. The van der Waals surface area contributed by atoms with Crippen molar-refractivity contribution in [3.8, 4) is 11.3 Å². The van der Waals surface area contributed by atoms with Gasteiger partial charge >= 0.3 is 0 Å². The van der Waals surface area contributed by atoms with Gasteiger partial charge in [-0.1, -0.05) is 18.2 Å². The van der Waals surface area contributed by atoms with Crippen LogP contribution in [-0.4, -0.2) is 52.0 Å². The highest BCUT2D eigenvalue weighted by Crippen LogP contribution is 2.41. The van der Waals surface area contributed by atoms with E-state index >= 15 is 0 Å². The number of nitro benzene ring substituents is 1. The van der Waals surface area contributed by atoms with Crippen molar-refractivity contribution in [2.24, 2.45) is 0 Å². The molecule has 1 saturated heterocycles. The van der Waals surface area contributed by atoms with Crippen LogP contribution >= 0.6 is 12.2 Å². The molecule has 160 valence electrons. The van der Waals surface area contributed by atoms with E-state index in [4.69, 9.17) is 16.6 Å². The minimum absolute atomic E-state index is 0.00853. The standard InChI is InChI=1S/C22H23N5O3S/c1-25(2)13-14-26-21(20(24-22(26)31)16-8-5-6-12-23-16)19-11-10-18(30-19)15-7-3-4-9-17(15)27(28)29/h3-12,20-21H,13-14H2,1-2H3,(H,24,31)/t20-,21-/m0/s1. The van der Waals surface area contributed by atoms with Gasteiger partial charge in [-0.3, -0.25) is 15.1 Å². The molecule has 0 bridgehead atoms. The van der Waals surface area contributed by atoms with Crippen molar-refractivity contribution in [1.82, 2.24) is 20.1 Å². The third-order valence-electron chi connectivity index (χ3n) is 5.27. The Kier molecular flexibility index (Phi) is 5.97. The molecule has 1 aliphatic heterocycles. The molecule has 0 aliphatic carbocycles. The van der Waals surface area contributed by atoms with Crippen LogP contribution in [0.4, 0.5) is 5.69 Å².